The van der Waals surface area contributed by atoms with E-state index in [2.05, 4.69) is 9.97 Å². The van der Waals surface area contributed by atoms with E-state index >= 15 is 0 Å². The van der Waals surface area contributed by atoms with Gasteiger partial charge in [0.25, 0.3) is 0 Å². The molecule has 21 heavy (non-hydrogen) atoms. The van der Waals surface area contributed by atoms with Crippen LogP contribution in [0, 0.1) is 0 Å². The van der Waals surface area contributed by atoms with E-state index in [9.17, 15) is 4.79 Å². The van der Waals surface area contributed by atoms with Gasteiger partial charge in [0.2, 0.25) is 0 Å². The summed E-state index contributed by atoms with van der Waals surface area (Å²) in [6, 6.07) is 11.8. The Bertz CT molecular complexity index is 782. The monoisotopic (exact) mass is 297 g/mol. The molecule has 0 saturated carbocycles. The molecular weight excluding hydrogens is 282 g/mol. The van der Waals surface area contributed by atoms with Crippen molar-refractivity contribution in [3.63, 3.8) is 0 Å². The van der Waals surface area contributed by atoms with Gasteiger partial charge >= 0.3 is 0 Å². The normalized spacial score (nSPS) is 10.9. The summed E-state index contributed by atoms with van der Waals surface area (Å²) in [6.07, 6.45) is 0.989. The van der Waals surface area contributed by atoms with Crippen LogP contribution in [0.2, 0.25) is 0 Å². The molecule has 5 heteroatoms. The van der Waals surface area contributed by atoms with Crippen molar-refractivity contribution in [1.29, 1.82) is 0 Å². The molecule has 0 aliphatic heterocycles. The molecule has 2 N–H and O–H groups in total. The summed E-state index contributed by atoms with van der Waals surface area (Å²) < 4.78 is 0. The van der Waals surface area contributed by atoms with Crippen LogP contribution in [-0.4, -0.2) is 22.3 Å². The highest BCUT2D eigenvalue weighted by Gasteiger charge is 2.12. The number of benzene rings is 1. The second kappa shape index (κ2) is 6.11. The number of nitrogens with two attached hydrogens (primary N) is 1. The fourth-order valence-corrected chi connectivity index (χ4v) is 2.96. The zero-order valence-electron chi connectivity index (χ0n) is 11.5. The van der Waals surface area contributed by atoms with E-state index in [0.29, 0.717) is 18.7 Å². The van der Waals surface area contributed by atoms with Crippen LogP contribution in [0.3, 0.4) is 0 Å². The highest BCUT2D eigenvalue weighted by Crippen LogP contribution is 2.15. The smallest absolute Gasteiger partial charge is 0.187 e. The summed E-state index contributed by atoms with van der Waals surface area (Å²) >= 11 is 1.48. The van der Waals surface area contributed by atoms with Gasteiger partial charge in [-0.15, -0.1) is 11.3 Å². The van der Waals surface area contributed by atoms with Gasteiger partial charge in [-0.25, -0.2) is 4.98 Å². The Kier molecular flexibility index (Phi) is 4.03. The molecule has 0 unspecified atom stereocenters. The zero-order valence-corrected chi connectivity index (χ0v) is 12.3. The highest BCUT2D eigenvalue weighted by atomic mass is 32.1. The van der Waals surface area contributed by atoms with Crippen LogP contribution in [0.5, 0.6) is 0 Å². The van der Waals surface area contributed by atoms with E-state index in [0.717, 1.165) is 21.6 Å². The quantitative estimate of drug-likeness (QED) is 0.735. The average Bonchev–Trinajstić information content (AvgIpc) is 2.96. The lowest BCUT2D eigenvalue weighted by atomic mass is 10.1. The molecule has 0 fully saturated rings. The minimum Gasteiger partial charge on any atom is -0.330 e. The molecule has 0 radical (unpaired) electrons. The first-order valence-electron chi connectivity index (χ1n) is 6.78. The first kappa shape index (κ1) is 13.9. The second-order valence-electron chi connectivity index (χ2n) is 4.76. The SMILES string of the molecule is NCCc1nc(C(=O)Cc2ccc3ccccc3n2)cs1. The number of pyridine rings is 1. The van der Waals surface area contributed by atoms with Gasteiger partial charge in [-0.2, -0.15) is 0 Å². The summed E-state index contributed by atoms with van der Waals surface area (Å²) in [6.45, 7) is 0.549. The van der Waals surface area contributed by atoms with E-state index in [1.54, 1.807) is 5.38 Å². The molecule has 0 bridgehead atoms. The van der Waals surface area contributed by atoms with E-state index in [4.69, 9.17) is 5.73 Å². The van der Waals surface area contributed by atoms with Crippen LogP contribution >= 0.6 is 11.3 Å². The van der Waals surface area contributed by atoms with Gasteiger partial charge in [0.15, 0.2) is 5.78 Å². The van der Waals surface area contributed by atoms with Gasteiger partial charge in [-0.1, -0.05) is 24.3 Å². The predicted octanol–water partition coefficient (Wildman–Crippen LogP) is 2.62. The number of hydrogen-bond acceptors (Lipinski definition) is 5. The summed E-state index contributed by atoms with van der Waals surface area (Å²) in [5.74, 6) is -0.00250. The number of carbonyl (C=O) groups excluding carboxylic acids is 1. The Morgan fingerprint density at radius 2 is 2.00 bits per heavy atom. The Hall–Kier alpha value is -2.11. The molecular formula is C16H15N3OS. The first-order valence-corrected chi connectivity index (χ1v) is 7.66. The van der Waals surface area contributed by atoms with Gasteiger partial charge in [-0.3, -0.25) is 9.78 Å². The van der Waals surface area contributed by atoms with Crippen LogP contribution in [0.15, 0.2) is 41.8 Å². The van der Waals surface area contributed by atoms with E-state index in [1.807, 2.05) is 36.4 Å². The Balaban J connectivity index is 1.78. The Morgan fingerprint density at radius 1 is 1.14 bits per heavy atom. The lowest BCUT2D eigenvalue weighted by Gasteiger charge is -2.01. The van der Waals surface area contributed by atoms with Crippen molar-refractivity contribution in [2.45, 2.75) is 12.8 Å². The maximum Gasteiger partial charge on any atom is 0.187 e. The molecule has 0 aliphatic rings. The molecule has 3 rings (SSSR count). The molecule has 4 nitrogen and oxygen atoms in total. The molecule has 2 heterocycles. The summed E-state index contributed by atoms with van der Waals surface area (Å²) in [5, 5.41) is 3.79. The van der Waals surface area contributed by atoms with Gasteiger partial charge in [0.05, 0.1) is 16.9 Å². The fourth-order valence-electron chi connectivity index (χ4n) is 2.14. The number of carbonyl (C=O) groups is 1. The number of ketones is 1. The Labute approximate surface area is 126 Å². The molecule has 0 aliphatic carbocycles. The van der Waals surface area contributed by atoms with Crippen molar-refractivity contribution in [2.75, 3.05) is 6.54 Å². The topological polar surface area (TPSA) is 68.9 Å². The average molecular weight is 297 g/mol. The van der Waals surface area contributed by atoms with Crippen molar-refractivity contribution in [1.82, 2.24) is 9.97 Å². The predicted molar refractivity (Wildman–Crippen MR) is 84.6 cm³/mol. The molecule has 2 aromatic heterocycles. The largest absolute Gasteiger partial charge is 0.330 e. The number of fused-ring (bicyclic) bond motifs is 1. The van der Waals surface area contributed by atoms with Crippen molar-refractivity contribution >= 4 is 28.0 Å². The third-order valence-corrected chi connectivity index (χ3v) is 4.10. The zero-order chi connectivity index (χ0) is 14.7. The molecule has 0 amide bonds. The maximum atomic E-state index is 12.2. The lowest BCUT2D eigenvalue weighted by Crippen LogP contribution is -2.07. The number of aromatic nitrogens is 2. The maximum absolute atomic E-state index is 12.2. The number of nitrogens with zero attached hydrogens (tertiary/aromatic N) is 2. The molecule has 106 valence electrons. The van der Waals surface area contributed by atoms with Crippen LogP contribution in [0.1, 0.15) is 21.2 Å². The minimum absolute atomic E-state index is 0.00250. The number of thiazole rings is 1. The van der Waals surface area contributed by atoms with Crippen LogP contribution in [0.25, 0.3) is 10.9 Å². The van der Waals surface area contributed by atoms with Crippen LogP contribution in [0.4, 0.5) is 0 Å². The summed E-state index contributed by atoms with van der Waals surface area (Å²) in [7, 11) is 0. The van der Waals surface area contributed by atoms with Crippen LogP contribution < -0.4 is 5.73 Å². The minimum atomic E-state index is -0.00250. The van der Waals surface area contributed by atoms with Crippen molar-refractivity contribution < 1.29 is 4.79 Å². The van der Waals surface area contributed by atoms with Crippen molar-refractivity contribution in [3.05, 3.63) is 58.2 Å². The highest BCUT2D eigenvalue weighted by molar-refractivity contribution is 7.09. The standard InChI is InChI=1S/C16H15N3OS/c17-8-7-16-19-14(10-21-16)15(20)9-12-6-5-11-3-1-2-4-13(11)18-12/h1-6,10H,7-9,17H2. The van der Waals surface area contributed by atoms with Gasteiger partial charge in [0, 0.05) is 22.9 Å². The summed E-state index contributed by atoms with van der Waals surface area (Å²) in [5.41, 5.74) is 7.68. The van der Waals surface area contributed by atoms with Gasteiger partial charge < -0.3 is 5.73 Å². The third-order valence-electron chi connectivity index (χ3n) is 3.19. The summed E-state index contributed by atoms with van der Waals surface area (Å²) in [4.78, 5) is 21.1. The van der Waals surface area contributed by atoms with Crippen molar-refractivity contribution in [2.24, 2.45) is 5.73 Å². The molecule has 0 saturated heterocycles. The lowest BCUT2D eigenvalue weighted by molar-refractivity contribution is 0.0988. The Morgan fingerprint density at radius 3 is 2.86 bits per heavy atom. The van der Waals surface area contributed by atoms with E-state index < -0.39 is 0 Å². The molecule has 3 aromatic rings. The van der Waals surface area contributed by atoms with E-state index in [1.165, 1.54) is 11.3 Å². The van der Waals surface area contributed by atoms with E-state index in [-0.39, 0.29) is 12.2 Å². The molecule has 1 aromatic carbocycles. The number of hydrogen-bond donors (Lipinski definition) is 1. The van der Waals surface area contributed by atoms with Gasteiger partial charge in [0.1, 0.15) is 5.69 Å². The number of Topliss-reactive ketones (excluding diaryl/α,β-unsaturated/α-hetero) is 1. The number of rotatable bonds is 5. The number of para-hydroxylation sites is 1. The molecule has 0 spiro atoms. The van der Waals surface area contributed by atoms with Crippen molar-refractivity contribution in [3.8, 4) is 0 Å². The third kappa shape index (κ3) is 3.15. The first-order chi connectivity index (χ1) is 10.3. The second-order valence-corrected chi connectivity index (χ2v) is 5.70. The molecule has 0 atom stereocenters. The van der Waals surface area contributed by atoms with Crippen LogP contribution in [-0.2, 0) is 12.8 Å². The fraction of sp³-hybridized carbons (Fsp3) is 0.188. The van der Waals surface area contributed by atoms with Gasteiger partial charge in [-0.05, 0) is 18.7 Å².